The van der Waals surface area contributed by atoms with E-state index >= 15 is 0 Å². The van der Waals surface area contributed by atoms with E-state index in [9.17, 15) is 4.79 Å². The fourth-order valence-corrected chi connectivity index (χ4v) is 5.36. The lowest BCUT2D eigenvalue weighted by atomic mass is 9.89. The maximum Gasteiger partial charge on any atom is 0.233 e. The first kappa shape index (κ1) is 21.4. The van der Waals surface area contributed by atoms with Crippen molar-refractivity contribution in [3.8, 4) is 5.69 Å². The minimum atomic E-state index is -0.208. The minimum Gasteiger partial charge on any atom is -0.355 e. The highest BCUT2D eigenvalue weighted by molar-refractivity contribution is 8.00. The third kappa shape index (κ3) is 5.43. The lowest BCUT2D eigenvalue weighted by molar-refractivity contribution is -0.120. The number of nitrogens with one attached hydrogen (secondary N) is 1. The van der Waals surface area contributed by atoms with Gasteiger partial charge in [0.25, 0.3) is 0 Å². The van der Waals surface area contributed by atoms with Gasteiger partial charge in [-0.2, -0.15) is 0 Å². The molecule has 1 aliphatic heterocycles. The molecule has 1 aliphatic carbocycles. The summed E-state index contributed by atoms with van der Waals surface area (Å²) >= 11 is 1.50. The van der Waals surface area contributed by atoms with Gasteiger partial charge in [-0.15, -0.1) is 10.2 Å². The number of carbonyl (C=O) groups is 1. The van der Waals surface area contributed by atoms with Crippen LogP contribution in [0.4, 0.5) is 0 Å². The van der Waals surface area contributed by atoms with Gasteiger partial charge in [-0.1, -0.05) is 49.2 Å². The molecule has 0 spiro atoms. The van der Waals surface area contributed by atoms with Crippen molar-refractivity contribution in [1.82, 2.24) is 25.0 Å². The van der Waals surface area contributed by atoms with E-state index in [1.165, 1.54) is 56.7 Å². The van der Waals surface area contributed by atoms with Gasteiger partial charge in [-0.25, -0.2) is 0 Å². The Balaban J connectivity index is 1.44. The third-order valence-corrected chi connectivity index (χ3v) is 7.26. The van der Waals surface area contributed by atoms with Crippen molar-refractivity contribution in [2.24, 2.45) is 5.92 Å². The van der Waals surface area contributed by atoms with Crippen LogP contribution < -0.4 is 5.32 Å². The first-order valence-electron chi connectivity index (χ1n) is 11.4. The van der Waals surface area contributed by atoms with E-state index in [2.05, 4.69) is 37.1 Å². The number of hydrogen-bond acceptors (Lipinski definition) is 5. The second-order valence-electron chi connectivity index (χ2n) is 8.56. The van der Waals surface area contributed by atoms with Crippen molar-refractivity contribution in [1.29, 1.82) is 0 Å². The number of carbonyl (C=O) groups excluding carboxylic acids is 1. The SMILES string of the molecule is CC(Sc1nnc(CN2CCCC2)n1-c1ccccc1)C(=O)NCC1CCCCC1. The predicted molar refractivity (Wildman–Crippen MR) is 121 cm³/mol. The highest BCUT2D eigenvalue weighted by Crippen LogP contribution is 2.27. The number of likely N-dealkylation sites (tertiary alicyclic amines) is 1. The fraction of sp³-hybridized carbons (Fsp3) is 0.609. The summed E-state index contributed by atoms with van der Waals surface area (Å²) in [4.78, 5) is 15.2. The lowest BCUT2D eigenvalue weighted by Crippen LogP contribution is -2.35. The summed E-state index contributed by atoms with van der Waals surface area (Å²) in [6.45, 7) is 5.79. The zero-order valence-corrected chi connectivity index (χ0v) is 18.7. The van der Waals surface area contributed by atoms with Crippen LogP contribution in [0.5, 0.6) is 0 Å². The van der Waals surface area contributed by atoms with Crippen LogP contribution in [0.15, 0.2) is 35.5 Å². The van der Waals surface area contributed by atoms with Gasteiger partial charge >= 0.3 is 0 Å². The van der Waals surface area contributed by atoms with Crippen LogP contribution in [0.25, 0.3) is 5.69 Å². The van der Waals surface area contributed by atoms with E-state index in [-0.39, 0.29) is 11.2 Å². The van der Waals surface area contributed by atoms with Gasteiger partial charge in [0, 0.05) is 12.2 Å². The van der Waals surface area contributed by atoms with E-state index in [0.29, 0.717) is 5.92 Å². The third-order valence-electron chi connectivity index (χ3n) is 6.22. The Kier molecular flexibility index (Phi) is 7.44. The lowest BCUT2D eigenvalue weighted by Gasteiger charge is -2.22. The second kappa shape index (κ2) is 10.4. The molecule has 1 aromatic heterocycles. The Morgan fingerprint density at radius 1 is 1.10 bits per heavy atom. The molecule has 1 unspecified atom stereocenters. The molecular weight excluding hydrogens is 394 g/mol. The molecule has 1 aromatic carbocycles. The summed E-state index contributed by atoms with van der Waals surface area (Å²) < 4.78 is 2.12. The van der Waals surface area contributed by atoms with E-state index < -0.39 is 0 Å². The first-order chi connectivity index (χ1) is 14.7. The van der Waals surface area contributed by atoms with Gasteiger partial charge in [0.1, 0.15) is 0 Å². The summed E-state index contributed by atoms with van der Waals surface area (Å²) in [6, 6.07) is 10.2. The van der Waals surface area contributed by atoms with Gasteiger partial charge < -0.3 is 5.32 Å². The second-order valence-corrected chi connectivity index (χ2v) is 9.87. The molecule has 1 saturated carbocycles. The van der Waals surface area contributed by atoms with Crippen LogP contribution in [0.3, 0.4) is 0 Å². The van der Waals surface area contributed by atoms with Gasteiger partial charge in [0.2, 0.25) is 5.91 Å². The topological polar surface area (TPSA) is 63.1 Å². The number of benzene rings is 1. The molecule has 2 fully saturated rings. The number of thioether (sulfide) groups is 1. The van der Waals surface area contributed by atoms with Crippen molar-refractivity contribution in [2.45, 2.75) is 68.8 Å². The van der Waals surface area contributed by atoms with Gasteiger partial charge in [0.15, 0.2) is 11.0 Å². The van der Waals surface area contributed by atoms with Crippen molar-refractivity contribution < 1.29 is 4.79 Å². The Morgan fingerprint density at radius 2 is 1.83 bits per heavy atom. The molecule has 6 nitrogen and oxygen atoms in total. The first-order valence-corrected chi connectivity index (χ1v) is 12.2. The molecule has 2 heterocycles. The normalized spacial score (nSPS) is 19.1. The van der Waals surface area contributed by atoms with Crippen LogP contribution >= 0.6 is 11.8 Å². The predicted octanol–water partition coefficient (Wildman–Crippen LogP) is 4.04. The maximum absolute atomic E-state index is 12.7. The summed E-state index contributed by atoms with van der Waals surface area (Å²) in [5.41, 5.74) is 1.05. The van der Waals surface area contributed by atoms with Crippen LogP contribution in [-0.2, 0) is 11.3 Å². The highest BCUT2D eigenvalue weighted by Gasteiger charge is 2.23. The van der Waals surface area contributed by atoms with E-state index in [4.69, 9.17) is 0 Å². The van der Waals surface area contributed by atoms with Gasteiger partial charge in [0.05, 0.1) is 11.8 Å². The maximum atomic E-state index is 12.7. The molecule has 4 rings (SSSR count). The van der Waals surface area contributed by atoms with E-state index in [1.807, 2.05) is 25.1 Å². The van der Waals surface area contributed by atoms with Crippen LogP contribution in [0, 0.1) is 5.92 Å². The minimum absolute atomic E-state index is 0.0919. The number of rotatable bonds is 8. The summed E-state index contributed by atoms with van der Waals surface area (Å²) in [7, 11) is 0. The van der Waals surface area contributed by atoms with Crippen LogP contribution in [0.2, 0.25) is 0 Å². The van der Waals surface area contributed by atoms with Crippen molar-refractivity contribution in [3.05, 3.63) is 36.2 Å². The Hall–Kier alpha value is -1.86. The molecule has 2 aliphatic rings. The zero-order chi connectivity index (χ0) is 20.8. The molecule has 0 bridgehead atoms. The molecule has 30 heavy (non-hydrogen) atoms. The molecule has 162 valence electrons. The average molecular weight is 428 g/mol. The number of nitrogens with zero attached hydrogens (tertiary/aromatic N) is 4. The largest absolute Gasteiger partial charge is 0.355 e. The molecule has 2 aromatic rings. The number of aromatic nitrogens is 3. The van der Waals surface area contributed by atoms with Crippen molar-refractivity contribution >= 4 is 17.7 Å². The molecule has 7 heteroatoms. The Morgan fingerprint density at radius 3 is 2.57 bits per heavy atom. The Bertz CT molecular complexity index is 812. The van der Waals surface area contributed by atoms with Crippen molar-refractivity contribution in [3.63, 3.8) is 0 Å². The van der Waals surface area contributed by atoms with Crippen LogP contribution in [-0.4, -0.2) is 50.5 Å². The smallest absolute Gasteiger partial charge is 0.233 e. The number of para-hydroxylation sites is 1. The molecule has 0 radical (unpaired) electrons. The molecule has 1 saturated heterocycles. The monoisotopic (exact) mass is 427 g/mol. The zero-order valence-electron chi connectivity index (χ0n) is 17.9. The fourth-order valence-electron chi connectivity index (χ4n) is 4.45. The number of hydrogen-bond donors (Lipinski definition) is 1. The molecule has 1 atom stereocenters. The highest BCUT2D eigenvalue weighted by atomic mass is 32.2. The van der Waals surface area contributed by atoms with E-state index in [1.54, 1.807) is 0 Å². The van der Waals surface area contributed by atoms with Gasteiger partial charge in [-0.3, -0.25) is 14.3 Å². The van der Waals surface area contributed by atoms with Crippen molar-refractivity contribution in [2.75, 3.05) is 19.6 Å². The number of amides is 1. The molecule has 1 amide bonds. The van der Waals surface area contributed by atoms with Gasteiger partial charge in [-0.05, 0) is 63.7 Å². The standard InChI is InChI=1S/C23H33N5OS/c1-18(22(29)24-16-19-10-4-2-5-11-19)30-23-26-25-21(17-27-14-8-9-15-27)28(23)20-12-6-3-7-13-20/h3,6-7,12-13,18-19H,2,4-5,8-11,14-17H2,1H3,(H,24,29). The quantitative estimate of drug-likeness (QED) is 0.644. The summed E-state index contributed by atoms with van der Waals surface area (Å²) in [5.74, 6) is 1.68. The molecule has 1 N–H and O–H groups in total. The van der Waals surface area contributed by atoms with E-state index in [0.717, 1.165) is 42.8 Å². The summed E-state index contributed by atoms with van der Waals surface area (Å²) in [5, 5.41) is 12.7. The Labute approximate surface area is 183 Å². The summed E-state index contributed by atoms with van der Waals surface area (Å²) in [6.07, 6.45) is 8.91. The van der Waals surface area contributed by atoms with Crippen LogP contribution in [0.1, 0.15) is 57.7 Å². The average Bonchev–Trinajstić information content (AvgIpc) is 3.44. The molecular formula is C23H33N5OS.